The fourth-order valence-electron chi connectivity index (χ4n) is 1.86. The van der Waals surface area contributed by atoms with E-state index in [4.69, 9.17) is 5.73 Å². The Morgan fingerprint density at radius 3 is 3.00 bits per heavy atom. The lowest BCUT2D eigenvalue weighted by Crippen LogP contribution is -2.13. The van der Waals surface area contributed by atoms with Crippen LogP contribution in [0.15, 0.2) is 36.7 Å². The zero-order valence-corrected chi connectivity index (χ0v) is 11.6. The minimum absolute atomic E-state index is 0.277. The number of hydrogen-bond donors (Lipinski definition) is 2. The number of amides is 1. The smallest absolute Gasteiger partial charge is 0.259 e. The summed E-state index contributed by atoms with van der Waals surface area (Å²) < 4.78 is 1.04. The van der Waals surface area contributed by atoms with Crippen LogP contribution in [0.4, 0.5) is 10.8 Å². The molecule has 0 fully saturated rings. The Morgan fingerprint density at radius 1 is 1.35 bits per heavy atom. The third-order valence-electron chi connectivity index (χ3n) is 2.86. The van der Waals surface area contributed by atoms with Crippen molar-refractivity contribution in [2.75, 3.05) is 11.1 Å². The number of nitrogen functional groups attached to an aromatic ring is 1. The largest absolute Gasteiger partial charge is 0.397 e. The van der Waals surface area contributed by atoms with Gasteiger partial charge in [-0.2, -0.15) is 0 Å². The quantitative estimate of drug-likeness (QED) is 0.758. The number of nitrogens with two attached hydrogens (primary N) is 1. The first kappa shape index (κ1) is 12.6. The van der Waals surface area contributed by atoms with Crippen LogP contribution in [-0.2, 0) is 0 Å². The van der Waals surface area contributed by atoms with Crippen LogP contribution in [0.2, 0.25) is 0 Å². The molecule has 0 saturated carbocycles. The number of fused-ring (bicyclic) bond motifs is 1. The second-order valence-electron chi connectivity index (χ2n) is 4.41. The van der Waals surface area contributed by atoms with E-state index in [0.29, 0.717) is 16.4 Å². The van der Waals surface area contributed by atoms with E-state index in [1.165, 1.54) is 23.7 Å². The number of aryl methyl sites for hydroxylation is 1. The van der Waals surface area contributed by atoms with E-state index in [1.807, 2.05) is 25.1 Å². The monoisotopic (exact) mass is 284 g/mol. The van der Waals surface area contributed by atoms with Crippen molar-refractivity contribution >= 4 is 38.3 Å². The summed E-state index contributed by atoms with van der Waals surface area (Å²) in [5.41, 5.74) is 8.52. The third-order valence-corrected chi connectivity index (χ3v) is 3.79. The molecule has 3 rings (SSSR count). The number of hydrogen-bond acceptors (Lipinski definition) is 5. The molecule has 0 aliphatic heterocycles. The molecule has 0 radical (unpaired) electrons. The van der Waals surface area contributed by atoms with E-state index < -0.39 is 0 Å². The van der Waals surface area contributed by atoms with Gasteiger partial charge in [0.05, 0.1) is 27.7 Å². The van der Waals surface area contributed by atoms with Crippen LogP contribution < -0.4 is 11.1 Å². The Kier molecular flexibility index (Phi) is 3.08. The average molecular weight is 284 g/mol. The summed E-state index contributed by atoms with van der Waals surface area (Å²) in [5, 5.41) is 3.33. The fraction of sp³-hybridized carbons (Fsp3) is 0.0714. The molecule has 0 spiro atoms. The molecule has 20 heavy (non-hydrogen) atoms. The van der Waals surface area contributed by atoms with Gasteiger partial charge < -0.3 is 5.73 Å². The average Bonchev–Trinajstić information content (AvgIpc) is 2.80. The number of nitrogens with zero attached hydrogens (tertiary/aromatic N) is 2. The van der Waals surface area contributed by atoms with Gasteiger partial charge in [-0.05, 0) is 30.7 Å². The molecule has 0 atom stereocenters. The highest BCUT2D eigenvalue weighted by atomic mass is 32.1. The van der Waals surface area contributed by atoms with Crippen molar-refractivity contribution in [3.63, 3.8) is 0 Å². The van der Waals surface area contributed by atoms with Gasteiger partial charge in [0.1, 0.15) is 0 Å². The molecule has 5 nitrogen and oxygen atoms in total. The van der Waals surface area contributed by atoms with Gasteiger partial charge in [-0.1, -0.05) is 17.4 Å². The minimum atomic E-state index is -0.277. The normalized spacial score (nSPS) is 10.7. The maximum absolute atomic E-state index is 12.1. The molecular weight excluding hydrogens is 272 g/mol. The highest BCUT2D eigenvalue weighted by Crippen LogP contribution is 2.27. The maximum atomic E-state index is 12.1. The number of carbonyl (C=O) groups excluding carboxylic acids is 1. The van der Waals surface area contributed by atoms with Gasteiger partial charge in [0.2, 0.25) is 0 Å². The molecule has 0 bridgehead atoms. The molecule has 2 aromatic heterocycles. The first-order chi connectivity index (χ1) is 9.63. The molecule has 0 unspecified atom stereocenters. The lowest BCUT2D eigenvalue weighted by Gasteiger charge is -2.03. The highest BCUT2D eigenvalue weighted by Gasteiger charge is 2.12. The Hall–Kier alpha value is -2.47. The van der Waals surface area contributed by atoms with Gasteiger partial charge in [0, 0.05) is 6.20 Å². The van der Waals surface area contributed by atoms with Crippen LogP contribution >= 0.6 is 11.3 Å². The molecule has 3 aromatic rings. The predicted octanol–water partition coefficient (Wildman–Crippen LogP) is 2.83. The first-order valence-electron chi connectivity index (χ1n) is 6.01. The topological polar surface area (TPSA) is 80.9 Å². The van der Waals surface area contributed by atoms with Crippen LogP contribution in [-0.4, -0.2) is 15.9 Å². The zero-order chi connectivity index (χ0) is 14.1. The first-order valence-corrected chi connectivity index (χ1v) is 6.83. The molecule has 1 amide bonds. The molecule has 0 aliphatic carbocycles. The standard InChI is InChI=1S/C14H12N4OS/c1-8-2-3-11-12(6-8)20-14(17-11)18-13(19)9-4-5-16-7-10(9)15/h2-7H,15H2,1H3,(H,17,18,19). The second kappa shape index (κ2) is 4.90. The Labute approximate surface area is 119 Å². The lowest BCUT2D eigenvalue weighted by atomic mass is 10.2. The van der Waals surface area contributed by atoms with E-state index in [9.17, 15) is 4.79 Å². The van der Waals surface area contributed by atoms with Gasteiger partial charge in [0.15, 0.2) is 5.13 Å². The van der Waals surface area contributed by atoms with Crippen molar-refractivity contribution in [1.29, 1.82) is 0 Å². The van der Waals surface area contributed by atoms with E-state index in [-0.39, 0.29) is 5.91 Å². The van der Waals surface area contributed by atoms with Crippen LogP contribution in [0, 0.1) is 6.92 Å². The van der Waals surface area contributed by atoms with E-state index >= 15 is 0 Å². The predicted molar refractivity (Wildman–Crippen MR) is 81.0 cm³/mol. The molecular formula is C14H12N4OS. The Morgan fingerprint density at radius 2 is 2.20 bits per heavy atom. The summed E-state index contributed by atoms with van der Waals surface area (Å²) in [6, 6.07) is 7.57. The van der Waals surface area contributed by atoms with Crippen LogP contribution in [0.5, 0.6) is 0 Å². The number of carbonyl (C=O) groups is 1. The number of rotatable bonds is 2. The van der Waals surface area contributed by atoms with Crippen LogP contribution in [0.1, 0.15) is 15.9 Å². The van der Waals surface area contributed by atoms with Crippen molar-refractivity contribution in [3.05, 3.63) is 47.8 Å². The molecule has 2 heterocycles. The number of pyridine rings is 1. The zero-order valence-electron chi connectivity index (χ0n) is 10.8. The molecule has 1 aromatic carbocycles. The van der Waals surface area contributed by atoms with Crippen molar-refractivity contribution in [2.45, 2.75) is 6.92 Å². The minimum Gasteiger partial charge on any atom is -0.397 e. The van der Waals surface area contributed by atoms with Gasteiger partial charge in [0.25, 0.3) is 5.91 Å². The summed E-state index contributed by atoms with van der Waals surface area (Å²) in [7, 11) is 0. The summed E-state index contributed by atoms with van der Waals surface area (Å²) in [6.07, 6.45) is 2.99. The van der Waals surface area contributed by atoms with Gasteiger partial charge in [-0.25, -0.2) is 4.98 Å². The SMILES string of the molecule is Cc1ccc2nc(NC(=O)c3ccncc3N)sc2c1. The van der Waals surface area contributed by atoms with E-state index in [1.54, 1.807) is 6.07 Å². The molecule has 0 saturated heterocycles. The van der Waals surface area contributed by atoms with Crippen LogP contribution in [0.3, 0.4) is 0 Å². The summed E-state index contributed by atoms with van der Waals surface area (Å²) >= 11 is 1.44. The lowest BCUT2D eigenvalue weighted by molar-refractivity contribution is 0.102. The van der Waals surface area contributed by atoms with Crippen molar-refractivity contribution < 1.29 is 4.79 Å². The van der Waals surface area contributed by atoms with E-state index in [2.05, 4.69) is 15.3 Å². The number of nitrogens with one attached hydrogen (secondary N) is 1. The molecule has 0 aliphatic rings. The molecule has 6 heteroatoms. The van der Waals surface area contributed by atoms with E-state index in [0.717, 1.165) is 15.8 Å². The summed E-state index contributed by atoms with van der Waals surface area (Å²) in [5.74, 6) is -0.277. The van der Waals surface area contributed by atoms with Gasteiger partial charge in [-0.3, -0.25) is 15.1 Å². The number of aromatic nitrogens is 2. The van der Waals surface area contributed by atoms with Crippen molar-refractivity contribution in [2.24, 2.45) is 0 Å². The van der Waals surface area contributed by atoms with Crippen molar-refractivity contribution in [1.82, 2.24) is 9.97 Å². The second-order valence-corrected chi connectivity index (χ2v) is 5.44. The summed E-state index contributed by atoms with van der Waals surface area (Å²) in [6.45, 7) is 2.02. The molecule has 3 N–H and O–H groups in total. The fourth-order valence-corrected chi connectivity index (χ4v) is 2.82. The molecule has 100 valence electrons. The van der Waals surface area contributed by atoms with Gasteiger partial charge in [-0.15, -0.1) is 0 Å². The summed E-state index contributed by atoms with van der Waals surface area (Å²) in [4.78, 5) is 20.4. The van der Waals surface area contributed by atoms with Crippen molar-refractivity contribution in [3.8, 4) is 0 Å². The number of thiazole rings is 1. The van der Waals surface area contributed by atoms with Crippen LogP contribution in [0.25, 0.3) is 10.2 Å². The Balaban J connectivity index is 1.89. The number of benzene rings is 1. The Bertz CT molecular complexity index is 797. The number of anilines is 2. The highest BCUT2D eigenvalue weighted by molar-refractivity contribution is 7.22. The third kappa shape index (κ3) is 2.33. The van der Waals surface area contributed by atoms with Gasteiger partial charge >= 0.3 is 0 Å². The maximum Gasteiger partial charge on any atom is 0.259 e.